The van der Waals surface area contributed by atoms with Crippen molar-refractivity contribution < 1.29 is 9.90 Å². The van der Waals surface area contributed by atoms with E-state index in [9.17, 15) is 9.90 Å². The van der Waals surface area contributed by atoms with Crippen molar-refractivity contribution in [3.63, 3.8) is 0 Å². The molecule has 3 aromatic rings. The Kier molecular flexibility index (Phi) is 3.12. The summed E-state index contributed by atoms with van der Waals surface area (Å²) in [5, 5.41) is 12.1. The second kappa shape index (κ2) is 5.05. The third-order valence-electron chi connectivity index (χ3n) is 4.37. The Hall–Kier alpha value is -2.42. The molecule has 0 aliphatic heterocycles. The summed E-state index contributed by atoms with van der Waals surface area (Å²) in [7, 11) is 0. The van der Waals surface area contributed by atoms with E-state index < -0.39 is 5.60 Å². The number of rotatable bonds is 1. The van der Waals surface area contributed by atoms with Crippen LogP contribution >= 0.6 is 11.6 Å². The quantitative estimate of drug-likeness (QED) is 0.730. The van der Waals surface area contributed by atoms with Gasteiger partial charge in [0.2, 0.25) is 0 Å². The van der Waals surface area contributed by atoms with Crippen molar-refractivity contribution in [1.29, 1.82) is 0 Å². The molecule has 3 aromatic carbocycles. The van der Waals surface area contributed by atoms with Gasteiger partial charge in [0.25, 0.3) is 0 Å². The van der Waals surface area contributed by atoms with Crippen LogP contribution in [0.25, 0.3) is 0 Å². The molecule has 0 saturated carbocycles. The van der Waals surface area contributed by atoms with Gasteiger partial charge in [0, 0.05) is 27.3 Å². The molecule has 0 spiro atoms. The molecule has 0 heterocycles. The highest BCUT2D eigenvalue weighted by atomic mass is 35.5. The zero-order valence-electron chi connectivity index (χ0n) is 12.2. The number of aliphatic hydroxyl groups is 1. The Labute approximate surface area is 139 Å². The van der Waals surface area contributed by atoms with Crippen LogP contribution in [0.4, 0.5) is 0 Å². The first-order chi connectivity index (χ1) is 11.1. The smallest absolute Gasteiger partial charge is 0.193 e. The Bertz CT molecular complexity index is 918. The lowest BCUT2D eigenvalue weighted by molar-refractivity contribution is 0.0950. The van der Waals surface area contributed by atoms with Gasteiger partial charge in [-0.3, -0.25) is 4.79 Å². The number of ketones is 1. The van der Waals surface area contributed by atoms with Crippen LogP contribution in [0.3, 0.4) is 0 Å². The summed E-state index contributed by atoms with van der Waals surface area (Å²) in [6.07, 6.45) is 0. The van der Waals surface area contributed by atoms with E-state index in [1.54, 1.807) is 36.4 Å². The zero-order valence-corrected chi connectivity index (χ0v) is 12.9. The van der Waals surface area contributed by atoms with Gasteiger partial charge in [-0.05, 0) is 11.6 Å². The van der Waals surface area contributed by atoms with Gasteiger partial charge in [0.05, 0.1) is 0 Å². The van der Waals surface area contributed by atoms with E-state index >= 15 is 0 Å². The monoisotopic (exact) mass is 320 g/mol. The molecule has 1 aliphatic carbocycles. The molecule has 0 unspecified atom stereocenters. The molecule has 1 N–H and O–H groups in total. The summed E-state index contributed by atoms with van der Waals surface area (Å²) in [4.78, 5) is 12.8. The van der Waals surface area contributed by atoms with E-state index in [1.165, 1.54) is 0 Å². The number of hydrogen-bond acceptors (Lipinski definition) is 2. The molecule has 1 atom stereocenters. The van der Waals surface area contributed by atoms with Crippen LogP contribution < -0.4 is 0 Å². The van der Waals surface area contributed by atoms with Crippen molar-refractivity contribution >= 4 is 17.4 Å². The molecule has 2 nitrogen and oxygen atoms in total. The molecule has 0 fully saturated rings. The topological polar surface area (TPSA) is 37.3 Å². The molecule has 112 valence electrons. The van der Waals surface area contributed by atoms with Crippen molar-refractivity contribution in [3.8, 4) is 0 Å². The number of carbonyl (C=O) groups is 1. The fraction of sp³-hybridized carbons (Fsp3) is 0.0500. The summed E-state index contributed by atoms with van der Waals surface area (Å²) in [6.45, 7) is 0. The van der Waals surface area contributed by atoms with Crippen LogP contribution in [-0.4, -0.2) is 10.9 Å². The van der Waals surface area contributed by atoms with Crippen LogP contribution in [0, 0.1) is 0 Å². The molecule has 1 aliphatic rings. The summed E-state index contributed by atoms with van der Waals surface area (Å²) < 4.78 is 0. The highest BCUT2D eigenvalue weighted by molar-refractivity contribution is 6.32. The van der Waals surface area contributed by atoms with Crippen LogP contribution in [-0.2, 0) is 5.60 Å². The van der Waals surface area contributed by atoms with Gasteiger partial charge in [0.15, 0.2) is 5.78 Å². The van der Waals surface area contributed by atoms with Crippen LogP contribution in [0.1, 0.15) is 32.6 Å². The second-order valence-electron chi connectivity index (χ2n) is 5.61. The van der Waals surface area contributed by atoms with Gasteiger partial charge in [-0.15, -0.1) is 0 Å². The average molecular weight is 321 g/mol. The Morgan fingerprint density at radius 2 is 1.43 bits per heavy atom. The molecule has 23 heavy (non-hydrogen) atoms. The molecule has 3 heteroatoms. The summed E-state index contributed by atoms with van der Waals surface area (Å²) in [6, 6.07) is 21.6. The lowest BCUT2D eigenvalue weighted by atomic mass is 9.71. The van der Waals surface area contributed by atoms with Crippen molar-refractivity contribution in [2.24, 2.45) is 0 Å². The first kappa shape index (κ1) is 14.2. The zero-order chi connectivity index (χ0) is 16.0. The van der Waals surface area contributed by atoms with Gasteiger partial charge < -0.3 is 5.11 Å². The maximum atomic E-state index is 12.8. The van der Waals surface area contributed by atoms with Crippen molar-refractivity contribution in [2.45, 2.75) is 5.60 Å². The van der Waals surface area contributed by atoms with Crippen molar-refractivity contribution in [3.05, 3.63) is 106 Å². The number of benzene rings is 3. The SMILES string of the molecule is O=C1c2ccccc2[C@@](O)(c2ccccc2)c2c(Cl)cccc21. The Morgan fingerprint density at radius 1 is 0.783 bits per heavy atom. The largest absolute Gasteiger partial charge is 0.376 e. The molecular weight excluding hydrogens is 308 g/mol. The lowest BCUT2D eigenvalue weighted by Crippen LogP contribution is -2.37. The van der Waals surface area contributed by atoms with Crippen molar-refractivity contribution in [1.82, 2.24) is 0 Å². The summed E-state index contributed by atoms with van der Waals surface area (Å²) in [5.74, 6) is -0.112. The first-order valence-electron chi connectivity index (χ1n) is 7.35. The third-order valence-corrected chi connectivity index (χ3v) is 4.69. The van der Waals surface area contributed by atoms with E-state index in [0.29, 0.717) is 32.8 Å². The molecule has 0 amide bonds. The van der Waals surface area contributed by atoms with Gasteiger partial charge >= 0.3 is 0 Å². The molecule has 0 aromatic heterocycles. The third kappa shape index (κ3) is 1.89. The van der Waals surface area contributed by atoms with E-state index in [1.807, 2.05) is 36.4 Å². The predicted molar refractivity (Wildman–Crippen MR) is 89.9 cm³/mol. The summed E-state index contributed by atoms with van der Waals surface area (Å²) in [5.41, 5.74) is 1.22. The number of hydrogen-bond donors (Lipinski definition) is 1. The second-order valence-corrected chi connectivity index (χ2v) is 6.02. The number of halogens is 1. The fourth-order valence-electron chi connectivity index (χ4n) is 3.34. The standard InChI is InChI=1S/C20H13ClO2/c21-17-12-6-10-15-18(17)20(23,13-7-2-1-3-8-13)16-11-5-4-9-14(16)19(15)22/h1-12,23H/t20-/m0/s1. The van der Waals surface area contributed by atoms with E-state index in [0.717, 1.165) is 0 Å². The predicted octanol–water partition coefficient (Wildman–Crippen LogP) is 4.17. The Morgan fingerprint density at radius 3 is 2.22 bits per heavy atom. The molecule has 0 bridgehead atoms. The van der Waals surface area contributed by atoms with Gasteiger partial charge in [-0.25, -0.2) is 0 Å². The Balaban J connectivity index is 2.15. The normalized spacial score (nSPS) is 19.1. The average Bonchev–Trinajstić information content (AvgIpc) is 2.60. The van der Waals surface area contributed by atoms with Gasteiger partial charge in [-0.1, -0.05) is 78.3 Å². The number of carbonyl (C=O) groups excluding carboxylic acids is 1. The minimum Gasteiger partial charge on any atom is -0.376 e. The minimum absolute atomic E-state index is 0.112. The molecular formula is C20H13ClO2. The van der Waals surface area contributed by atoms with Crippen LogP contribution in [0.15, 0.2) is 72.8 Å². The summed E-state index contributed by atoms with van der Waals surface area (Å²) >= 11 is 6.40. The lowest BCUT2D eigenvalue weighted by Gasteiger charge is -2.37. The fourth-order valence-corrected chi connectivity index (χ4v) is 3.65. The molecule has 0 saturated heterocycles. The maximum Gasteiger partial charge on any atom is 0.193 e. The minimum atomic E-state index is -1.44. The molecule has 0 radical (unpaired) electrons. The highest BCUT2D eigenvalue weighted by Crippen LogP contribution is 2.46. The number of fused-ring (bicyclic) bond motifs is 2. The van der Waals surface area contributed by atoms with E-state index in [2.05, 4.69) is 0 Å². The van der Waals surface area contributed by atoms with Crippen molar-refractivity contribution in [2.75, 3.05) is 0 Å². The van der Waals surface area contributed by atoms with E-state index in [-0.39, 0.29) is 5.78 Å². The first-order valence-corrected chi connectivity index (χ1v) is 7.73. The van der Waals surface area contributed by atoms with Gasteiger partial charge in [-0.2, -0.15) is 0 Å². The highest BCUT2D eigenvalue weighted by Gasteiger charge is 2.44. The van der Waals surface area contributed by atoms with Crippen LogP contribution in [0.2, 0.25) is 5.02 Å². The van der Waals surface area contributed by atoms with Crippen LogP contribution in [0.5, 0.6) is 0 Å². The maximum absolute atomic E-state index is 12.8. The molecule has 4 rings (SSSR count). The van der Waals surface area contributed by atoms with E-state index in [4.69, 9.17) is 11.6 Å². The van der Waals surface area contributed by atoms with Gasteiger partial charge in [0.1, 0.15) is 5.60 Å².